The third-order valence-corrected chi connectivity index (χ3v) is 6.58. The fourth-order valence-electron chi connectivity index (χ4n) is 3.20. The number of nitrogens with zero attached hydrogens (tertiary/aromatic N) is 2. The van der Waals surface area contributed by atoms with Gasteiger partial charge in [0.1, 0.15) is 12.4 Å². The van der Waals surface area contributed by atoms with E-state index in [0.717, 1.165) is 5.69 Å². The monoisotopic (exact) mass is 420 g/mol. The van der Waals surface area contributed by atoms with Crippen LogP contribution in [0.2, 0.25) is 0 Å². The van der Waals surface area contributed by atoms with Crippen molar-refractivity contribution in [2.24, 2.45) is 0 Å². The first kappa shape index (κ1) is 21.6. The van der Waals surface area contributed by atoms with E-state index in [0.29, 0.717) is 51.7 Å². The lowest BCUT2D eigenvalue weighted by Crippen LogP contribution is -2.40. The standard InChI is InChI=1S/C21H28N2O5S/c1-18(24)17-22(19-5-3-2-4-6-19)11-16-28-20-7-9-21(10-8-20)29(25,26)23-12-14-27-15-13-23/h2-10,18,24H,11-17H2,1H3. The van der Waals surface area contributed by atoms with Crippen LogP contribution in [0.25, 0.3) is 0 Å². The molecule has 7 nitrogen and oxygen atoms in total. The molecule has 0 spiro atoms. The number of para-hydroxylation sites is 1. The minimum absolute atomic E-state index is 0.256. The van der Waals surface area contributed by atoms with Crippen molar-refractivity contribution in [2.75, 3.05) is 50.9 Å². The molecule has 8 heteroatoms. The van der Waals surface area contributed by atoms with Crippen molar-refractivity contribution < 1.29 is 23.0 Å². The number of rotatable bonds is 9. The van der Waals surface area contributed by atoms with Crippen LogP contribution >= 0.6 is 0 Å². The number of ether oxygens (including phenoxy) is 2. The van der Waals surface area contributed by atoms with E-state index in [9.17, 15) is 13.5 Å². The molecule has 1 N–H and O–H groups in total. The van der Waals surface area contributed by atoms with E-state index in [-0.39, 0.29) is 4.90 Å². The number of benzene rings is 2. The van der Waals surface area contributed by atoms with Gasteiger partial charge in [-0.05, 0) is 43.3 Å². The second-order valence-corrected chi connectivity index (χ2v) is 8.90. The van der Waals surface area contributed by atoms with Gasteiger partial charge in [0.2, 0.25) is 10.0 Å². The van der Waals surface area contributed by atoms with E-state index in [4.69, 9.17) is 9.47 Å². The van der Waals surface area contributed by atoms with Gasteiger partial charge in [0.05, 0.1) is 30.8 Å². The van der Waals surface area contributed by atoms with Gasteiger partial charge in [-0.15, -0.1) is 0 Å². The second-order valence-electron chi connectivity index (χ2n) is 6.97. The van der Waals surface area contributed by atoms with E-state index in [1.165, 1.54) is 4.31 Å². The Hall–Kier alpha value is -2.13. The maximum Gasteiger partial charge on any atom is 0.243 e. The summed E-state index contributed by atoms with van der Waals surface area (Å²) in [6.07, 6.45) is -0.458. The normalized spacial score (nSPS) is 16.3. The molecule has 3 rings (SSSR count). The molecule has 1 heterocycles. The molecule has 0 bridgehead atoms. The lowest BCUT2D eigenvalue weighted by atomic mass is 10.2. The number of hydrogen-bond acceptors (Lipinski definition) is 6. The van der Waals surface area contributed by atoms with Crippen molar-refractivity contribution in [3.63, 3.8) is 0 Å². The minimum Gasteiger partial charge on any atom is -0.492 e. The zero-order valence-electron chi connectivity index (χ0n) is 16.6. The summed E-state index contributed by atoms with van der Waals surface area (Å²) < 4.78 is 37.8. The Morgan fingerprint density at radius 2 is 1.76 bits per heavy atom. The van der Waals surface area contributed by atoms with Crippen LogP contribution in [0.4, 0.5) is 5.69 Å². The molecule has 0 radical (unpaired) electrons. The van der Waals surface area contributed by atoms with Crippen LogP contribution in [-0.2, 0) is 14.8 Å². The molecule has 158 valence electrons. The SMILES string of the molecule is CC(O)CN(CCOc1ccc(S(=O)(=O)N2CCOCC2)cc1)c1ccccc1. The average Bonchev–Trinajstić information content (AvgIpc) is 2.74. The first-order chi connectivity index (χ1) is 14.0. The molecule has 29 heavy (non-hydrogen) atoms. The van der Waals surface area contributed by atoms with Gasteiger partial charge in [0, 0.05) is 25.3 Å². The molecule has 1 fully saturated rings. The molecule has 1 aliphatic heterocycles. The number of morpholine rings is 1. The Bertz CT molecular complexity index is 850. The Balaban J connectivity index is 1.58. The fourth-order valence-corrected chi connectivity index (χ4v) is 4.61. The third-order valence-electron chi connectivity index (χ3n) is 4.67. The van der Waals surface area contributed by atoms with E-state index in [2.05, 4.69) is 4.90 Å². The number of anilines is 1. The average molecular weight is 421 g/mol. The Kier molecular flexibility index (Phi) is 7.49. The van der Waals surface area contributed by atoms with Gasteiger partial charge in [-0.1, -0.05) is 18.2 Å². The lowest BCUT2D eigenvalue weighted by molar-refractivity contribution is 0.0730. The van der Waals surface area contributed by atoms with Crippen molar-refractivity contribution in [1.29, 1.82) is 0 Å². The molecular weight excluding hydrogens is 392 g/mol. The van der Waals surface area contributed by atoms with E-state index in [1.807, 2.05) is 30.3 Å². The largest absolute Gasteiger partial charge is 0.492 e. The molecular formula is C21H28N2O5S. The van der Waals surface area contributed by atoms with Gasteiger partial charge < -0.3 is 19.5 Å². The quantitative estimate of drug-likeness (QED) is 0.668. The lowest BCUT2D eigenvalue weighted by Gasteiger charge is -2.26. The van der Waals surface area contributed by atoms with Crippen LogP contribution in [0.15, 0.2) is 59.5 Å². The molecule has 1 unspecified atom stereocenters. The Morgan fingerprint density at radius 3 is 2.38 bits per heavy atom. The van der Waals surface area contributed by atoms with E-state index in [1.54, 1.807) is 31.2 Å². The summed E-state index contributed by atoms with van der Waals surface area (Å²) in [6, 6.07) is 16.4. The number of aliphatic hydroxyl groups is 1. The summed E-state index contributed by atoms with van der Waals surface area (Å²) in [5.74, 6) is 0.607. The van der Waals surface area contributed by atoms with Gasteiger partial charge in [-0.3, -0.25) is 0 Å². The second kappa shape index (κ2) is 10.1. The maximum atomic E-state index is 12.7. The third kappa shape index (κ3) is 5.93. The van der Waals surface area contributed by atoms with Gasteiger partial charge in [0.25, 0.3) is 0 Å². The van der Waals surface area contributed by atoms with Crippen molar-refractivity contribution >= 4 is 15.7 Å². The first-order valence-electron chi connectivity index (χ1n) is 9.75. The zero-order valence-corrected chi connectivity index (χ0v) is 17.4. The van der Waals surface area contributed by atoms with Crippen LogP contribution in [0.3, 0.4) is 0 Å². The Morgan fingerprint density at radius 1 is 1.10 bits per heavy atom. The highest BCUT2D eigenvalue weighted by atomic mass is 32.2. The molecule has 1 atom stereocenters. The summed E-state index contributed by atoms with van der Waals surface area (Å²) in [5.41, 5.74) is 1.02. The van der Waals surface area contributed by atoms with Gasteiger partial charge in [0.15, 0.2) is 0 Å². The summed E-state index contributed by atoms with van der Waals surface area (Å²) >= 11 is 0. The van der Waals surface area contributed by atoms with Crippen molar-refractivity contribution in [2.45, 2.75) is 17.9 Å². The molecule has 0 aliphatic carbocycles. The van der Waals surface area contributed by atoms with E-state index >= 15 is 0 Å². The van der Waals surface area contributed by atoms with Crippen LogP contribution < -0.4 is 9.64 Å². The van der Waals surface area contributed by atoms with Crippen LogP contribution in [-0.4, -0.2) is 69.9 Å². The van der Waals surface area contributed by atoms with Crippen LogP contribution in [0.5, 0.6) is 5.75 Å². The molecule has 1 aliphatic rings. The summed E-state index contributed by atoms with van der Waals surface area (Å²) in [7, 11) is -3.50. The first-order valence-corrected chi connectivity index (χ1v) is 11.2. The Labute approximate surface area is 172 Å². The van der Waals surface area contributed by atoms with Gasteiger partial charge in [-0.25, -0.2) is 8.42 Å². The molecule has 2 aromatic rings. The topological polar surface area (TPSA) is 79.3 Å². The predicted molar refractivity (Wildman–Crippen MR) is 112 cm³/mol. The highest BCUT2D eigenvalue weighted by molar-refractivity contribution is 7.89. The number of aliphatic hydroxyl groups excluding tert-OH is 1. The number of sulfonamides is 1. The molecule has 2 aromatic carbocycles. The fraction of sp³-hybridized carbons (Fsp3) is 0.429. The van der Waals surface area contributed by atoms with Crippen molar-refractivity contribution in [1.82, 2.24) is 4.31 Å². The predicted octanol–water partition coefficient (Wildman–Crippen LogP) is 1.97. The van der Waals surface area contributed by atoms with E-state index < -0.39 is 16.1 Å². The van der Waals surface area contributed by atoms with Crippen molar-refractivity contribution in [3.05, 3.63) is 54.6 Å². The smallest absolute Gasteiger partial charge is 0.243 e. The number of hydrogen-bond donors (Lipinski definition) is 1. The maximum absolute atomic E-state index is 12.7. The van der Waals surface area contributed by atoms with Gasteiger partial charge >= 0.3 is 0 Å². The minimum atomic E-state index is -3.50. The molecule has 1 saturated heterocycles. The van der Waals surface area contributed by atoms with Crippen LogP contribution in [0.1, 0.15) is 6.92 Å². The molecule has 0 aromatic heterocycles. The van der Waals surface area contributed by atoms with Gasteiger partial charge in [-0.2, -0.15) is 4.31 Å². The molecule has 0 amide bonds. The summed E-state index contributed by atoms with van der Waals surface area (Å²) in [5, 5.41) is 9.76. The molecule has 0 saturated carbocycles. The summed E-state index contributed by atoms with van der Waals surface area (Å²) in [6.45, 7) is 4.86. The highest BCUT2D eigenvalue weighted by Gasteiger charge is 2.26. The van der Waals surface area contributed by atoms with Crippen molar-refractivity contribution in [3.8, 4) is 5.75 Å². The zero-order chi connectivity index (χ0) is 20.7. The summed E-state index contributed by atoms with van der Waals surface area (Å²) in [4.78, 5) is 2.31. The highest BCUT2D eigenvalue weighted by Crippen LogP contribution is 2.21. The van der Waals surface area contributed by atoms with Crippen LogP contribution in [0, 0.1) is 0 Å².